The van der Waals surface area contributed by atoms with Crippen LogP contribution in [0.15, 0.2) is 15.6 Å². The smallest absolute Gasteiger partial charge is 0.305 e. The van der Waals surface area contributed by atoms with E-state index in [0.717, 1.165) is 79.3 Å². The number of pyridine rings is 1. The number of nitrogens with zero attached hydrogens (tertiary/aromatic N) is 4. The van der Waals surface area contributed by atoms with Gasteiger partial charge >= 0.3 is 6.03 Å². The third kappa shape index (κ3) is 3.87. The van der Waals surface area contributed by atoms with Gasteiger partial charge in [0.1, 0.15) is 0 Å². The van der Waals surface area contributed by atoms with Crippen molar-refractivity contribution in [2.75, 3.05) is 5.32 Å². The summed E-state index contributed by atoms with van der Waals surface area (Å²) in [6, 6.07) is -0.983. The number of nitrogens with one attached hydrogen (secondary N) is 1. The minimum absolute atomic E-state index is 0.145. The Hall–Kier alpha value is -2.33. The summed E-state index contributed by atoms with van der Waals surface area (Å²) in [4.78, 5) is 17.8. The molecule has 2 amide bonds. The molecule has 2 aromatic rings. The molecule has 8 nitrogen and oxygen atoms in total. The third-order valence-electron chi connectivity index (χ3n) is 6.15. The van der Waals surface area contributed by atoms with Gasteiger partial charge in [-0.05, 0) is 70.3 Å². The zero-order valence-electron chi connectivity index (χ0n) is 17.7. The van der Waals surface area contributed by atoms with Crippen molar-refractivity contribution in [3.8, 4) is 0 Å². The van der Waals surface area contributed by atoms with Crippen molar-refractivity contribution >= 4 is 21.6 Å². The molecule has 0 aliphatic heterocycles. The fraction of sp³-hybridized carbons (Fsp3) is 0.571. The first kappa shape index (κ1) is 20.6. The van der Waals surface area contributed by atoms with Crippen LogP contribution in [0.4, 0.5) is 14.9 Å². The molecule has 2 saturated carbocycles. The Morgan fingerprint density at radius 1 is 1.29 bits per heavy atom. The van der Waals surface area contributed by atoms with E-state index >= 15 is 0 Å². The molecular formula is C21H27FN6O2S. The van der Waals surface area contributed by atoms with Crippen molar-refractivity contribution in [1.82, 2.24) is 14.8 Å². The van der Waals surface area contributed by atoms with Crippen LogP contribution >= 0.6 is 0 Å². The molecule has 0 saturated heterocycles. The Labute approximate surface area is 181 Å². The number of carbonyl (C=O) groups is 1. The van der Waals surface area contributed by atoms with Gasteiger partial charge in [-0.15, -0.1) is 4.36 Å². The van der Waals surface area contributed by atoms with Crippen LogP contribution in [-0.2, 0) is 22.8 Å². The molecule has 2 aromatic heterocycles. The van der Waals surface area contributed by atoms with Crippen molar-refractivity contribution < 1.29 is 13.4 Å². The summed E-state index contributed by atoms with van der Waals surface area (Å²) in [6.07, 6.45) is 8.24. The largest absolute Gasteiger partial charge is 0.354 e. The lowest BCUT2D eigenvalue weighted by Gasteiger charge is -2.18. The van der Waals surface area contributed by atoms with Crippen LogP contribution in [0.5, 0.6) is 0 Å². The fourth-order valence-corrected chi connectivity index (χ4v) is 5.25. The first-order valence-corrected chi connectivity index (χ1v) is 12.5. The van der Waals surface area contributed by atoms with E-state index < -0.39 is 26.8 Å². The van der Waals surface area contributed by atoms with Crippen LogP contribution < -0.4 is 10.5 Å². The van der Waals surface area contributed by atoms with Gasteiger partial charge in [-0.25, -0.2) is 18.5 Å². The van der Waals surface area contributed by atoms with Crippen LogP contribution in [-0.4, -0.2) is 25.0 Å². The maximum absolute atomic E-state index is 14.3. The molecule has 3 aliphatic rings. The number of fused-ring (bicyclic) bond motifs is 1. The zero-order valence-corrected chi connectivity index (χ0v) is 18.5. The van der Waals surface area contributed by atoms with Gasteiger partial charge < -0.3 is 5.32 Å². The van der Waals surface area contributed by atoms with E-state index in [2.05, 4.69) is 14.8 Å². The summed E-state index contributed by atoms with van der Waals surface area (Å²) < 4.78 is 32.2. The molecule has 2 heterocycles. The van der Waals surface area contributed by atoms with Crippen LogP contribution in [0.3, 0.4) is 0 Å². The minimum atomic E-state index is -3.83. The topological polar surface area (TPSA) is 115 Å². The van der Waals surface area contributed by atoms with E-state index in [9.17, 15) is 13.4 Å². The molecule has 31 heavy (non-hydrogen) atoms. The molecular weight excluding hydrogens is 419 g/mol. The molecule has 3 N–H and O–H groups in total. The molecule has 10 heteroatoms. The fourth-order valence-electron chi connectivity index (χ4n) is 4.32. The van der Waals surface area contributed by atoms with Gasteiger partial charge in [0.2, 0.25) is 5.03 Å². The quantitative estimate of drug-likeness (QED) is 0.717. The number of rotatable bonds is 5. The Morgan fingerprint density at radius 3 is 2.61 bits per heavy atom. The molecule has 0 radical (unpaired) electrons. The minimum Gasteiger partial charge on any atom is -0.305 e. The second-order valence-corrected chi connectivity index (χ2v) is 10.8. The maximum Gasteiger partial charge on any atom is 0.354 e. The number of carbonyl (C=O) groups excluding carboxylic acids is 1. The highest BCUT2D eigenvalue weighted by Crippen LogP contribution is 2.52. The number of aryl methyl sites for hydroxylation is 1. The van der Waals surface area contributed by atoms with Gasteiger partial charge in [0.25, 0.3) is 0 Å². The zero-order chi connectivity index (χ0) is 21.9. The number of hydrogen-bond acceptors (Lipinski definition) is 4. The normalized spacial score (nSPS) is 19.9. The van der Waals surface area contributed by atoms with E-state index in [0.29, 0.717) is 11.8 Å². The second kappa shape index (κ2) is 7.37. The molecule has 2 fully saturated rings. The highest BCUT2D eigenvalue weighted by atomic mass is 32.2. The SMILES string of the molecule is CC(C)n1cc(F)c([S@@](N)(=O)=NC(=O)Nc2c3c(nc(C4CC4)c2C2CC2)CCC3)n1. The average Bonchev–Trinajstić information content (AvgIpc) is 3.61. The Morgan fingerprint density at radius 2 is 2.00 bits per heavy atom. The Bertz CT molecular complexity index is 1190. The van der Waals surface area contributed by atoms with Crippen LogP contribution in [0.2, 0.25) is 0 Å². The Kier molecular flexibility index (Phi) is 4.89. The number of aromatic nitrogens is 3. The van der Waals surface area contributed by atoms with Gasteiger partial charge in [0, 0.05) is 28.9 Å². The van der Waals surface area contributed by atoms with Crippen molar-refractivity contribution in [3.63, 3.8) is 0 Å². The number of anilines is 1. The van der Waals surface area contributed by atoms with Crippen LogP contribution in [0.1, 0.15) is 86.3 Å². The van der Waals surface area contributed by atoms with Crippen LogP contribution in [0.25, 0.3) is 0 Å². The second-order valence-electron chi connectivity index (χ2n) is 9.06. The Balaban J connectivity index is 1.52. The molecule has 0 bridgehead atoms. The standard InChI is InChI=1S/C21H27FN6O2S/c1-11(2)28-10-15(22)20(26-28)31(23,30)27-21(29)25-19-14-4-3-5-16(14)24-18(13-8-9-13)17(19)12-6-7-12/h10-13H,3-9H2,1-2H3,(H3,23,24,25,27,29,30)/t31-/m0/s1. The number of urea groups is 1. The van der Waals surface area contributed by atoms with Crippen LogP contribution in [0, 0.1) is 5.82 Å². The number of amides is 2. The first-order valence-electron chi connectivity index (χ1n) is 10.9. The molecule has 5 rings (SSSR count). The van der Waals surface area contributed by atoms with Crippen molar-refractivity contribution in [1.29, 1.82) is 0 Å². The van der Waals surface area contributed by atoms with E-state index in [-0.39, 0.29) is 6.04 Å². The van der Waals surface area contributed by atoms with Gasteiger partial charge in [-0.3, -0.25) is 9.67 Å². The van der Waals surface area contributed by atoms with E-state index in [1.54, 1.807) is 13.8 Å². The molecule has 166 valence electrons. The monoisotopic (exact) mass is 446 g/mol. The molecule has 0 unspecified atom stereocenters. The molecule has 0 spiro atoms. The predicted molar refractivity (Wildman–Crippen MR) is 115 cm³/mol. The van der Waals surface area contributed by atoms with Gasteiger partial charge in [-0.2, -0.15) is 5.10 Å². The highest BCUT2D eigenvalue weighted by molar-refractivity contribution is 7.91. The number of nitrogens with two attached hydrogens (primary N) is 1. The van der Waals surface area contributed by atoms with Gasteiger partial charge in [0.15, 0.2) is 15.7 Å². The summed E-state index contributed by atoms with van der Waals surface area (Å²) in [5.74, 6) is 0.0184. The molecule has 1 atom stereocenters. The van der Waals surface area contributed by atoms with Gasteiger partial charge in [0.05, 0.1) is 11.9 Å². The lowest BCUT2D eigenvalue weighted by molar-refractivity contribution is 0.260. The average molecular weight is 447 g/mol. The number of halogens is 1. The highest BCUT2D eigenvalue weighted by Gasteiger charge is 2.38. The van der Waals surface area contributed by atoms with Crippen molar-refractivity contribution in [2.24, 2.45) is 9.50 Å². The van der Waals surface area contributed by atoms with E-state index in [4.69, 9.17) is 10.1 Å². The summed E-state index contributed by atoms with van der Waals surface area (Å²) >= 11 is 0. The lowest BCUT2D eigenvalue weighted by atomic mass is 9.98. The number of hydrogen-bond donors (Lipinski definition) is 2. The maximum atomic E-state index is 14.3. The lowest BCUT2D eigenvalue weighted by Crippen LogP contribution is -2.21. The van der Waals surface area contributed by atoms with Crippen molar-refractivity contribution in [2.45, 2.75) is 81.7 Å². The summed E-state index contributed by atoms with van der Waals surface area (Å²) in [5, 5.41) is 12.1. The van der Waals surface area contributed by atoms with E-state index in [1.807, 2.05) is 0 Å². The molecule has 0 aromatic carbocycles. The molecule has 3 aliphatic carbocycles. The van der Waals surface area contributed by atoms with E-state index in [1.165, 1.54) is 4.68 Å². The van der Waals surface area contributed by atoms with Gasteiger partial charge in [-0.1, -0.05) is 0 Å². The summed E-state index contributed by atoms with van der Waals surface area (Å²) in [5.41, 5.74) is 5.08. The van der Waals surface area contributed by atoms with Crippen molar-refractivity contribution in [3.05, 3.63) is 34.5 Å². The first-order chi connectivity index (χ1) is 14.7. The predicted octanol–water partition coefficient (Wildman–Crippen LogP) is 4.17. The third-order valence-corrected chi connectivity index (χ3v) is 7.42. The summed E-state index contributed by atoms with van der Waals surface area (Å²) in [7, 11) is -3.83. The summed E-state index contributed by atoms with van der Waals surface area (Å²) in [6.45, 7) is 3.61.